The van der Waals surface area contributed by atoms with Crippen LogP contribution in [-0.4, -0.2) is 58.6 Å². The van der Waals surface area contributed by atoms with Gasteiger partial charge in [-0.3, -0.25) is 4.57 Å². The van der Waals surface area contributed by atoms with Crippen LogP contribution in [0.3, 0.4) is 0 Å². The maximum Gasteiger partial charge on any atom is 0.268 e. The zero-order valence-corrected chi connectivity index (χ0v) is 18.4. The fourth-order valence-electron chi connectivity index (χ4n) is 2.47. The van der Waals surface area contributed by atoms with Gasteiger partial charge in [-0.15, -0.1) is 0 Å². The first-order valence-electron chi connectivity index (χ1n) is 10.2. The molecule has 0 saturated heterocycles. The van der Waals surface area contributed by atoms with Gasteiger partial charge in [0.25, 0.3) is 7.82 Å². The third kappa shape index (κ3) is 20.3. The van der Waals surface area contributed by atoms with Gasteiger partial charge < -0.3 is 23.2 Å². The van der Waals surface area contributed by atoms with Crippen molar-refractivity contribution in [1.82, 2.24) is 0 Å². The van der Waals surface area contributed by atoms with E-state index < -0.39 is 7.82 Å². The minimum Gasteiger partial charge on any atom is -0.756 e. The fraction of sp³-hybridized carbons (Fsp3) is 1.00. The molecule has 1 unspecified atom stereocenters. The Kier molecular flexibility index (Phi) is 16.0. The first-order valence-corrected chi connectivity index (χ1v) is 11.7. The predicted molar refractivity (Wildman–Crippen MR) is 105 cm³/mol. The zero-order valence-electron chi connectivity index (χ0n) is 17.5. The number of unbranched alkanes of at least 4 members (excludes halogenated alkanes) is 9. The van der Waals surface area contributed by atoms with Gasteiger partial charge in [0, 0.05) is 6.61 Å². The van der Waals surface area contributed by atoms with Gasteiger partial charge in [0.15, 0.2) is 0 Å². The Bertz CT molecular complexity index is 360. The monoisotopic (exact) mass is 395 g/mol. The smallest absolute Gasteiger partial charge is 0.268 e. The molecule has 0 aromatic rings. The normalized spacial score (nSPS) is 14.5. The Balaban J connectivity index is 3.33. The highest BCUT2D eigenvalue weighted by Gasteiger charge is 2.13. The molecule has 0 radical (unpaired) electrons. The molecule has 0 saturated carbocycles. The maximum absolute atomic E-state index is 11.6. The van der Waals surface area contributed by atoms with Gasteiger partial charge in [0.2, 0.25) is 0 Å². The first kappa shape index (κ1) is 26.0. The highest BCUT2D eigenvalue weighted by Crippen LogP contribution is 2.37. The molecule has 0 spiro atoms. The largest absolute Gasteiger partial charge is 0.756 e. The number of quaternary nitrogens is 1. The van der Waals surface area contributed by atoms with Crippen molar-refractivity contribution < 1.29 is 27.7 Å². The molecule has 0 N–H and O–H groups in total. The lowest BCUT2D eigenvalue weighted by atomic mass is 10.1. The summed E-state index contributed by atoms with van der Waals surface area (Å²) in [5.41, 5.74) is 0. The summed E-state index contributed by atoms with van der Waals surface area (Å²) < 4.78 is 27.2. The molecule has 6 nitrogen and oxygen atoms in total. The molecule has 0 aromatic carbocycles. The van der Waals surface area contributed by atoms with Crippen LogP contribution in [0.2, 0.25) is 0 Å². The molecule has 0 aliphatic carbocycles. The lowest BCUT2D eigenvalue weighted by Gasteiger charge is -2.27. The third-order valence-electron chi connectivity index (χ3n) is 4.13. The molecular formula is C19H42NO5P. The topological polar surface area (TPSA) is 67.8 Å². The van der Waals surface area contributed by atoms with Crippen molar-refractivity contribution in [3.8, 4) is 0 Å². The minimum atomic E-state index is -4.20. The average Bonchev–Trinajstić information content (AvgIpc) is 2.53. The lowest BCUT2D eigenvalue weighted by Crippen LogP contribution is -2.37. The van der Waals surface area contributed by atoms with E-state index in [0.29, 0.717) is 17.6 Å². The van der Waals surface area contributed by atoms with Gasteiger partial charge in [0.05, 0.1) is 34.4 Å². The predicted octanol–water partition coefficient (Wildman–Crippen LogP) is 4.13. The molecule has 0 fully saturated rings. The quantitative estimate of drug-likeness (QED) is 0.187. The summed E-state index contributed by atoms with van der Waals surface area (Å²) in [7, 11) is 1.72. The Morgan fingerprint density at radius 2 is 1.23 bits per heavy atom. The van der Waals surface area contributed by atoms with Gasteiger partial charge in [-0.1, -0.05) is 64.7 Å². The Morgan fingerprint density at radius 1 is 0.731 bits per heavy atom. The van der Waals surface area contributed by atoms with Gasteiger partial charge >= 0.3 is 0 Å². The minimum absolute atomic E-state index is 0.0168. The number of hydrogen-bond acceptors (Lipinski definition) is 5. The molecule has 1 atom stereocenters. The van der Waals surface area contributed by atoms with E-state index in [1.54, 1.807) is 0 Å². The van der Waals surface area contributed by atoms with E-state index >= 15 is 0 Å². The summed E-state index contributed by atoms with van der Waals surface area (Å²) >= 11 is 0. The van der Waals surface area contributed by atoms with Crippen molar-refractivity contribution in [2.75, 3.05) is 54.1 Å². The molecule has 0 amide bonds. The van der Waals surface area contributed by atoms with Crippen LogP contribution in [0.15, 0.2) is 0 Å². The van der Waals surface area contributed by atoms with Crippen LogP contribution < -0.4 is 4.89 Å². The van der Waals surface area contributed by atoms with E-state index in [9.17, 15) is 9.46 Å². The number of likely N-dealkylation sites (N-methyl/N-ethyl adjacent to an activating group) is 1. The van der Waals surface area contributed by atoms with E-state index in [2.05, 4.69) is 6.92 Å². The van der Waals surface area contributed by atoms with Crippen LogP contribution in [0.4, 0.5) is 0 Å². The number of phosphoric ester groups is 1. The summed E-state index contributed by atoms with van der Waals surface area (Å²) in [6, 6.07) is 0. The number of nitrogens with zero attached hydrogens (tertiary/aromatic N) is 1. The molecule has 0 heterocycles. The van der Waals surface area contributed by atoms with Crippen LogP contribution in [0, 0.1) is 0 Å². The van der Waals surface area contributed by atoms with Gasteiger partial charge in [-0.2, -0.15) is 0 Å². The Labute approximate surface area is 161 Å². The molecular weight excluding hydrogens is 353 g/mol. The van der Waals surface area contributed by atoms with Crippen LogP contribution >= 0.6 is 7.82 Å². The number of phosphoric acid groups is 1. The summed E-state index contributed by atoms with van der Waals surface area (Å²) in [5, 5.41) is 0. The second-order valence-corrected chi connectivity index (χ2v) is 9.33. The van der Waals surface area contributed by atoms with Crippen LogP contribution in [-0.2, 0) is 18.3 Å². The van der Waals surface area contributed by atoms with Crippen LogP contribution in [0.5, 0.6) is 0 Å². The number of ether oxygens (including phenoxy) is 1. The molecule has 0 aliphatic heterocycles. The highest BCUT2D eigenvalue weighted by molar-refractivity contribution is 7.45. The lowest BCUT2D eigenvalue weighted by molar-refractivity contribution is -0.870. The van der Waals surface area contributed by atoms with Gasteiger partial charge in [0.1, 0.15) is 13.2 Å². The van der Waals surface area contributed by atoms with Gasteiger partial charge in [-0.25, -0.2) is 0 Å². The fourth-order valence-corrected chi connectivity index (χ4v) is 3.14. The van der Waals surface area contributed by atoms with E-state index in [1.807, 2.05) is 21.1 Å². The summed E-state index contributed by atoms with van der Waals surface area (Å²) in [6.07, 6.45) is 12.9. The Morgan fingerprint density at radius 3 is 1.77 bits per heavy atom. The van der Waals surface area contributed by atoms with Crippen molar-refractivity contribution in [2.45, 2.75) is 71.1 Å². The molecule has 0 aliphatic rings. The van der Waals surface area contributed by atoms with Gasteiger partial charge in [-0.05, 0) is 6.42 Å². The SMILES string of the molecule is CCCCCCCCCCCCOCCOP(=O)([O-])OCC[N+](C)(C)C. The van der Waals surface area contributed by atoms with Crippen molar-refractivity contribution in [3.63, 3.8) is 0 Å². The molecule has 158 valence electrons. The second kappa shape index (κ2) is 16.0. The van der Waals surface area contributed by atoms with Crippen LogP contribution in [0.1, 0.15) is 71.1 Å². The third-order valence-corrected chi connectivity index (χ3v) is 5.13. The van der Waals surface area contributed by atoms with Crippen LogP contribution in [0.25, 0.3) is 0 Å². The standard InChI is InChI=1S/C19H42NO5P/c1-5-6-7-8-9-10-11-12-13-14-16-23-18-19-25-26(21,22)24-17-15-20(2,3)4/h5-19H2,1-4H3. The molecule has 0 bridgehead atoms. The molecule has 7 heteroatoms. The van der Waals surface area contributed by atoms with E-state index in [-0.39, 0.29) is 19.8 Å². The summed E-state index contributed by atoms with van der Waals surface area (Å²) in [5.74, 6) is 0. The summed E-state index contributed by atoms with van der Waals surface area (Å²) in [6.45, 7) is 3.93. The average molecular weight is 396 g/mol. The second-order valence-electron chi connectivity index (χ2n) is 7.92. The number of rotatable bonds is 19. The van der Waals surface area contributed by atoms with E-state index in [4.69, 9.17) is 13.8 Å². The van der Waals surface area contributed by atoms with Crippen molar-refractivity contribution in [2.24, 2.45) is 0 Å². The summed E-state index contributed by atoms with van der Waals surface area (Å²) in [4.78, 5) is 11.6. The van der Waals surface area contributed by atoms with Crippen molar-refractivity contribution >= 4 is 7.82 Å². The highest BCUT2D eigenvalue weighted by atomic mass is 31.2. The first-order chi connectivity index (χ1) is 12.3. The van der Waals surface area contributed by atoms with Crippen molar-refractivity contribution in [3.05, 3.63) is 0 Å². The maximum atomic E-state index is 11.6. The number of hydrogen-bond donors (Lipinski definition) is 0. The van der Waals surface area contributed by atoms with Crippen molar-refractivity contribution in [1.29, 1.82) is 0 Å². The molecule has 0 aromatic heterocycles. The van der Waals surface area contributed by atoms with E-state index in [1.165, 1.54) is 57.8 Å². The Hall–Kier alpha value is 0.0300. The molecule has 0 rings (SSSR count). The zero-order chi connectivity index (χ0) is 19.7. The van der Waals surface area contributed by atoms with E-state index in [0.717, 1.165) is 6.42 Å². The molecule has 26 heavy (non-hydrogen) atoms.